The molecule has 1 fully saturated rings. The Morgan fingerprint density at radius 2 is 1.64 bits per heavy atom. The molecule has 7 aromatic rings. The average Bonchev–Trinajstić information content (AvgIpc) is 3.73. The maximum absolute atomic E-state index is 12.9. The Labute approximate surface area is 282 Å². The molecule has 4 heterocycles. The number of fused-ring (bicyclic) bond motifs is 2. The van der Waals surface area contributed by atoms with Crippen LogP contribution >= 0.6 is 23.2 Å². The Morgan fingerprint density at radius 1 is 0.872 bits per heavy atom. The fraction of sp³-hybridized carbons (Fsp3) is 0.184. The number of hydrogen-bond acceptors (Lipinski definition) is 5. The summed E-state index contributed by atoms with van der Waals surface area (Å²) in [4.78, 5) is 7.56. The summed E-state index contributed by atoms with van der Waals surface area (Å²) >= 11 is 13.7. The molecule has 1 unspecified atom stereocenters. The predicted molar refractivity (Wildman–Crippen MR) is 189 cm³/mol. The minimum absolute atomic E-state index is 0.599. The van der Waals surface area contributed by atoms with Crippen LogP contribution in [0.1, 0.15) is 39.8 Å². The first-order valence-corrected chi connectivity index (χ1v) is 16.4. The number of rotatable bonds is 7. The lowest BCUT2D eigenvalue weighted by Gasteiger charge is -2.35. The molecule has 234 valence electrons. The zero-order valence-corrected chi connectivity index (χ0v) is 27.5. The first-order valence-electron chi connectivity index (χ1n) is 15.7. The molecule has 7 nitrogen and oxygen atoms in total. The Kier molecular flexibility index (Phi) is 7.28. The van der Waals surface area contributed by atoms with Crippen molar-refractivity contribution in [3.05, 3.63) is 147 Å². The van der Waals surface area contributed by atoms with Crippen molar-refractivity contribution < 1.29 is 5.11 Å². The molecular weight excluding hydrogens is 627 g/mol. The van der Waals surface area contributed by atoms with Crippen molar-refractivity contribution in [2.24, 2.45) is 7.05 Å². The highest BCUT2D eigenvalue weighted by atomic mass is 35.5. The first kappa shape index (κ1) is 29.7. The third-order valence-corrected chi connectivity index (χ3v) is 10.1. The highest BCUT2D eigenvalue weighted by molar-refractivity contribution is 6.36. The van der Waals surface area contributed by atoms with Crippen LogP contribution in [0.5, 0.6) is 0 Å². The molecule has 0 bridgehead atoms. The third-order valence-electron chi connectivity index (χ3n) is 9.38. The third kappa shape index (κ3) is 5.06. The van der Waals surface area contributed by atoms with E-state index in [4.69, 9.17) is 28.2 Å². The maximum Gasteiger partial charge on any atom is 0.140 e. The molecule has 1 saturated heterocycles. The van der Waals surface area contributed by atoms with Gasteiger partial charge in [-0.3, -0.25) is 4.68 Å². The van der Waals surface area contributed by atoms with Gasteiger partial charge in [-0.05, 0) is 89.7 Å². The van der Waals surface area contributed by atoms with E-state index in [1.165, 1.54) is 0 Å². The molecule has 8 rings (SSSR count). The number of halogens is 2. The van der Waals surface area contributed by atoms with Gasteiger partial charge in [0.05, 0.1) is 27.9 Å². The van der Waals surface area contributed by atoms with Crippen molar-refractivity contribution in [3.63, 3.8) is 0 Å². The van der Waals surface area contributed by atoms with Crippen molar-refractivity contribution in [2.45, 2.75) is 25.4 Å². The lowest BCUT2D eigenvalue weighted by Crippen LogP contribution is -2.38. The van der Waals surface area contributed by atoms with Gasteiger partial charge in [-0.15, -0.1) is 0 Å². The maximum atomic E-state index is 12.9. The van der Waals surface area contributed by atoms with Gasteiger partial charge in [0, 0.05) is 60.3 Å². The Hall–Kier alpha value is -4.69. The van der Waals surface area contributed by atoms with Gasteiger partial charge in [-0.25, -0.2) is 9.67 Å². The fourth-order valence-corrected chi connectivity index (χ4v) is 7.08. The van der Waals surface area contributed by atoms with Gasteiger partial charge in [0.1, 0.15) is 11.4 Å². The predicted octanol–water partition coefficient (Wildman–Crippen LogP) is 8.01. The van der Waals surface area contributed by atoms with Crippen LogP contribution in [0.25, 0.3) is 27.5 Å². The Balaban J connectivity index is 1.30. The lowest BCUT2D eigenvalue weighted by atomic mass is 9.79. The molecule has 0 aliphatic carbocycles. The highest BCUT2D eigenvalue weighted by Crippen LogP contribution is 2.43. The Morgan fingerprint density at radius 3 is 2.34 bits per heavy atom. The smallest absolute Gasteiger partial charge is 0.140 e. The van der Waals surface area contributed by atoms with Crippen molar-refractivity contribution in [1.29, 1.82) is 0 Å². The minimum atomic E-state index is -1.50. The molecule has 0 spiro atoms. The summed E-state index contributed by atoms with van der Waals surface area (Å²) in [5, 5.41) is 24.7. The summed E-state index contributed by atoms with van der Waals surface area (Å²) < 4.78 is 3.67. The molecule has 1 atom stereocenters. The van der Waals surface area contributed by atoms with E-state index in [2.05, 4.69) is 39.4 Å². The average molecular weight is 660 g/mol. The van der Waals surface area contributed by atoms with Crippen LogP contribution in [0.2, 0.25) is 10.0 Å². The highest BCUT2D eigenvalue weighted by Gasteiger charge is 2.36. The molecule has 0 amide bonds. The molecule has 1 N–H and O–H groups in total. The summed E-state index contributed by atoms with van der Waals surface area (Å²) in [6.45, 7) is 3.93. The molecule has 0 saturated carbocycles. The normalized spacial score (nSPS) is 14.4. The van der Waals surface area contributed by atoms with Gasteiger partial charge in [0.2, 0.25) is 0 Å². The van der Waals surface area contributed by atoms with E-state index in [9.17, 15) is 5.11 Å². The van der Waals surface area contributed by atoms with Crippen LogP contribution < -0.4 is 4.90 Å². The van der Waals surface area contributed by atoms with E-state index < -0.39 is 5.60 Å². The van der Waals surface area contributed by atoms with E-state index in [0.29, 0.717) is 27.6 Å². The molecule has 0 radical (unpaired) electrons. The first-order chi connectivity index (χ1) is 22.8. The molecule has 3 aromatic heterocycles. The molecule has 47 heavy (non-hydrogen) atoms. The zero-order chi connectivity index (χ0) is 32.3. The number of aryl methyl sites for hydroxylation is 2. The second-order valence-corrected chi connectivity index (χ2v) is 13.1. The summed E-state index contributed by atoms with van der Waals surface area (Å²) in [5.74, 6) is 0.927. The number of anilines is 1. The largest absolute Gasteiger partial charge is 0.376 e. The number of aliphatic hydroxyl groups is 1. The van der Waals surface area contributed by atoms with Crippen LogP contribution in [0.4, 0.5) is 5.82 Å². The second-order valence-electron chi connectivity index (χ2n) is 12.3. The van der Waals surface area contributed by atoms with E-state index in [0.717, 1.165) is 75.1 Å². The van der Waals surface area contributed by atoms with Gasteiger partial charge in [-0.2, -0.15) is 10.2 Å². The van der Waals surface area contributed by atoms with E-state index >= 15 is 0 Å². The van der Waals surface area contributed by atoms with Gasteiger partial charge < -0.3 is 10.0 Å². The molecule has 4 aromatic carbocycles. The molecular formula is C38H32Cl2N6O. The number of hydrogen-bond donors (Lipinski definition) is 1. The standard InChI is InChI=1S/C38H32Cl2N6O/c1-24-19-29(38(47,27-7-10-30(39)11-8-27)28-9-14-34-26(21-28)23-42-44(34)2)22-32-35(40)33(37(43-36(24)32)45-16-4-17-45)20-25-5-12-31(13-6-25)46-18-3-15-41-46/h3,5-15,18-19,21-23,47H,4,16-17,20H2,1-2H3. The van der Waals surface area contributed by atoms with Crippen LogP contribution in [0.15, 0.2) is 104 Å². The monoisotopic (exact) mass is 658 g/mol. The number of pyridine rings is 1. The number of aromatic nitrogens is 5. The van der Waals surface area contributed by atoms with Gasteiger partial charge in [0.15, 0.2) is 0 Å². The van der Waals surface area contributed by atoms with Gasteiger partial charge >= 0.3 is 0 Å². The topological polar surface area (TPSA) is 72.0 Å². The zero-order valence-electron chi connectivity index (χ0n) is 26.0. The van der Waals surface area contributed by atoms with Gasteiger partial charge in [0.25, 0.3) is 0 Å². The lowest BCUT2D eigenvalue weighted by molar-refractivity contribution is 0.126. The SMILES string of the molecule is Cc1cc(C(O)(c2ccc(Cl)cc2)c2ccc3c(cnn3C)c2)cc2c(Cl)c(Cc3ccc(-n4cccn4)cc3)c(N3CCC3)nc12. The summed E-state index contributed by atoms with van der Waals surface area (Å²) in [7, 11) is 1.91. The quantitative estimate of drug-likeness (QED) is 0.176. The molecule has 1 aliphatic heterocycles. The van der Waals surface area contributed by atoms with Gasteiger partial charge in [-0.1, -0.05) is 59.6 Å². The van der Waals surface area contributed by atoms with Crippen LogP contribution in [0.3, 0.4) is 0 Å². The van der Waals surface area contributed by atoms with Crippen molar-refractivity contribution in [3.8, 4) is 5.69 Å². The van der Waals surface area contributed by atoms with Crippen molar-refractivity contribution >= 4 is 50.8 Å². The van der Waals surface area contributed by atoms with E-state index in [-0.39, 0.29) is 0 Å². The molecule has 9 heteroatoms. The number of benzene rings is 4. The van der Waals surface area contributed by atoms with E-state index in [1.807, 2.05) is 96.4 Å². The van der Waals surface area contributed by atoms with Crippen molar-refractivity contribution in [2.75, 3.05) is 18.0 Å². The van der Waals surface area contributed by atoms with E-state index in [1.54, 1.807) is 6.20 Å². The van der Waals surface area contributed by atoms with Crippen molar-refractivity contribution in [1.82, 2.24) is 24.5 Å². The summed E-state index contributed by atoms with van der Waals surface area (Å²) in [6.07, 6.45) is 7.27. The minimum Gasteiger partial charge on any atom is -0.376 e. The molecule has 1 aliphatic rings. The fourth-order valence-electron chi connectivity index (χ4n) is 6.66. The van der Waals surface area contributed by atoms with Crippen LogP contribution in [-0.2, 0) is 19.1 Å². The van der Waals surface area contributed by atoms with Crippen LogP contribution in [0, 0.1) is 6.92 Å². The summed E-state index contributed by atoms with van der Waals surface area (Å²) in [6, 6.07) is 27.6. The summed E-state index contributed by atoms with van der Waals surface area (Å²) in [5.41, 5.74) is 6.46. The second kappa shape index (κ2) is 11.5. The van der Waals surface area contributed by atoms with Crippen LogP contribution in [-0.4, -0.2) is 42.7 Å². The number of nitrogens with zero attached hydrogens (tertiary/aromatic N) is 6. The Bertz CT molecular complexity index is 2260.